The van der Waals surface area contributed by atoms with Crippen LogP contribution in [0, 0.1) is 6.92 Å². The minimum absolute atomic E-state index is 0.136. The summed E-state index contributed by atoms with van der Waals surface area (Å²) in [6.07, 6.45) is 0. The molecule has 0 bridgehead atoms. The van der Waals surface area contributed by atoms with Gasteiger partial charge in [0.05, 0.1) is 5.75 Å². The SMILES string of the molecule is C=C(C)CN(CC)C(=O)CSc1cc(N)ccc1C. The molecule has 0 saturated heterocycles. The van der Waals surface area contributed by atoms with Gasteiger partial charge in [0.1, 0.15) is 0 Å². The molecule has 0 aliphatic rings. The van der Waals surface area contributed by atoms with E-state index in [4.69, 9.17) is 5.73 Å². The molecule has 1 rings (SSSR count). The average Bonchev–Trinajstić information content (AvgIpc) is 2.36. The summed E-state index contributed by atoms with van der Waals surface area (Å²) in [7, 11) is 0. The van der Waals surface area contributed by atoms with Gasteiger partial charge < -0.3 is 10.6 Å². The summed E-state index contributed by atoms with van der Waals surface area (Å²) in [6, 6.07) is 5.77. The van der Waals surface area contributed by atoms with Crippen molar-refractivity contribution in [1.29, 1.82) is 0 Å². The van der Waals surface area contributed by atoms with Gasteiger partial charge in [0.15, 0.2) is 0 Å². The van der Waals surface area contributed by atoms with Gasteiger partial charge in [-0.05, 0) is 38.5 Å². The monoisotopic (exact) mass is 278 g/mol. The van der Waals surface area contributed by atoms with Crippen LogP contribution in [0.5, 0.6) is 0 Å². The Bertz CT molecular complexity index is 471. The first-order chi connectivity index (χ1) is 8.93. The van der Waals surface area contributed by atoms with E-state index in [0.29, 0.717) is 18.8 Å². The smallest absolute Gasteiger partial charge is 0.233 e. The van der Waals surface area contributed by atoms with Crippen molar-refractivity contribution in [2.24, 2.45) is 0 Å². The highest BCUT2D eigenvalue weighted by atomic mass is 32.2. The molecule has 104 valence electrons. The first kappa shape index (κ1) is 15.6. The van der Waals surface area contributed by atoms with E-state index >= 15 is 0 Å². The first-order valence-electron chi connectivity index (χ1n) is 6.35. The third-order valence-corrected chi connectivity index (χ3v) is 3.90. The van der Waals surface area contributed by atoms with Crippen LogP contribution in [0.2, 0.25) is 0 Å². The Morgan fingerprint density at radius 1 is 1.47 bits per heavy atom. The fourth-order valence-electron chi connectivity index (χ4n) is 1.71. The van der Waals surface area contributed by atoms with Crippen LogP contribution in [0.15, 0.2) is 35.2 Å². The molecule has 0 unspecified atom stereocenters. The highest BCUT2D eigenvalue weighted by Gasteiger charge is 2.12. The highest BCUT2D eigenvalue weighted by Crippen LogP contribution is 2.24. The zero-order chi connectivity index (χ0) is 14.4. The Morgan fingerprint density at radius 3 is 2.74 bits per heavy atom. The fourth-order valence-corrected chi connectivity index (χ4v) is 2.68. The molecule has 0 atom stereocenters. The van der Waals surface area contributed by atoms with E-state index in [0.717, 1.165) is 21.7 Å². The van der Waals surface area contributed by atoms with Crippen LogP contribution >= 0.6 is 11.8 Å². The predicted octanol–water partition coefficient (Wildman–Crippen LogP) is 3.09. The standard InChI is InChI=1S/C15H22N2OS/c1-5-17(9-11(2)3)15(18)10-19-14-8-13(16)7-6-12(14)4/h6-8H,2,5,9-10,16H2,1,3-4H3. The Morgan fingerprint density at radius 2 is 2.16 bits per heavy atom. The Labute approximate surface area is 119 Å². The van der Waals surface area contributed by atoms with Crippen molar-refractivity contribution in [3.63, 3.8) is 0 Å². The number of likely N-dealkylation sites (N-methyl/N-ethyl adjacent to an activating group) is 1. The van der Waals surface area contributed by atoms with E-state index in [1.165, 1.54) is 11.8 Å². The second-order valence-electron chi connectivity index (χ2n) is 4.68. The number of aryl methyl sites for hydroxylation is 1. The molecule has 0 heterocycles. The van der Waals surface area contributed by atoms with Crippen LogP contribution in [0.25, 0.3) is 0 Å². The van der Waals surface area contributed by atoms with Crippen molar-refractivity contribution in [1.82, 2.24) is 4.90 Å². The number of carbonyl (C=O) groups excluding carboxylic acids is 1. The molecule has 0 saturated carbocycles. The number of carbonyl (C=O) groups is 1. The van der Waals surface area contributed by atoms with Gasteiger partial charge in [0.2, 0.25) is 5.91 Å². The number of thioether (sulfide) groups is 1. The van der Waals surface area contributed by atoms with Gasteiger partial charge in [0.25, 0.3) is 0 Å². The molecule has 3 nitrogen and oxygen atoms in total. The van der Waals surface area contributed by atoms with Crippen molar-refractivity contribution >= 4 is 23.4 Å². The number of amides is 1. The predicted molar refractivity (Wildman–Crippen MR) is 83.4 cm³/mol. The summed E-state index contributed by atoms with van der Waals surface area (Å²) in [5, 5.41) is 0. The van der Waals surface area contributed by atoms with Crippen LogP contribution in [0.4, 0.5) is 5.69 Å². The van der Waals surface area contributed by atoms with Crippen molar-refractivity contribution in [2.75, 3.05) is 24.6 Å². The quantitative estimate of drug-likeness (QED) is 0.494. The molecule has 19 heavy (non-hydrogen) atoms. The number of nitrogens with two attached hydrogens (primary N) is 1. The van der Waals surface area contributed by atoms with Gasteiger partial charge in [-0.25, -0.2) is 0 Å². The van der Waals surface area contributed by atoms with E-state index in [1.807, 2.05) is 43.9 Å². The molecular formula is C15H22N2OS. The van der Waals surface area contributed by atoms with Crippen molar-refractivity contribution in [3.8, 4) is 0 Å². The third kappa shape index (κ3) is 4.99. The zero-order valence-electron chi connectivity index (χ0n) is 11.9. The van der Waals surface area contributed by atoms with Crippen molar-refractivity contribution in [2.45, 2.75) is 25.7 Å². The number of anilines is 1. The molecule has 0 aliphatic carbocycles. The van der Waals surface area contributed by atoms with Crippen LogP contribution < -0.4 is 5.73 Å². The molecule has 0 aliphatic heterocycles. The van der Waals surface area contributed by atoms with Crippen molar-refractivity contribution < 1.29 is 4.79 Å². The number of nitrogens with zero attached hydrogens (tertiary/aromatic N) is 1. The van der Waals surface area contributed by atoms with E-state index in [1.54, 1.807) is 0 Å². The van der Waals surface area contributed by atoms with E-state index in [9.17, 15) is 4.79 Å². The lowest BCUT2D eigenvalue weighted by atomic mass is 10.2. The molecule has 1 aromatic carbocycles. The Hall–Kier alpha value is -1.42. The minimum atomic E-state index is 0.136. The second-order valence-corrected chi connectivity index (χ2v) is 5.70. The third-order valence-electron chi connectivity index (χ3n) is 2.76. The summed E-state index contributed by atoms with van der Waals surface area (Å²) in [5.74, 6) is 0.572. The summed E-state index contributed by atoms with van der Waals surface area (Å²) in [6.45, 7) is 11.1. The van der Waals surface area contributed by atoms with Gasteiger partial charge >= 0.3 is 0 Å². The summed E-state index contributed by atoms with van der Waals surface area (Å²) >= 11 is 1.54. The second kappa shape index (κ2) is 7.24. The van der Waals surface area contributed by atoms with Crippen LogP contribution in [0.3, 0.4) is 0 Å². The van der Waals surface area contributed by atoms with Gasteiger partial charge in [-0.2, -0.15) is 0 Å². The number of benzene rings is 1. The molecular weight excluding hydrogens is 256 g/mol. The molecule has 1 aromatic rings. The van der Waals surface area contributed by atoms with Gasteiger partial charge in [-0.3, -0.25) is 4.79 Å². The lowest BCUT2D eigenvalue weighted by molar-refractivity contribution is -0.127. The molecule has 1 amide bonds. The molecule has 0 radical (unpaired) electrons. The fraction of sp³-hybridized carbons (Fsp3) is 0.400. The number of nitrogen functional groups attached to an aromatic ring is 1. The minimum Gasteiger partial charge on any atom is -0.399 e. The molecule has 4 heteroatoms. The molecule has 2 N–H and O–H groups in total. The van der Waals surface area contributed by atoms with Gasteiger partial charge in [-0.15, -0.1) is 11.8 Å². The first-order valence-corrected chi connectivity index (χ1v) is 7.33. The Kier molecular flexibility index (Phi) is 5.96. The van der Waals surface area contributed by atoms with Crippen LogP contribution in [-0.2, 0) is 4.79 Å². The number of hydrogen-bond acceptors (Lipinski definition) is 3. The maximum absolute atomic E-state index is 12.1. The van der Waals surface area contributed by atoms with Gasteiger partial charge in [-0.1, -0.05) is 18.2 Å². The summed E-state index contributed by atoms with van der Waals surface area (Å²) < 4.78 is 0. The van der Waals surface area contributed by atoms with E-state index in [2.05, 4.69) is 6.58 Å². The lowest BCUT2D eigenvalue weighted by Gasteiger charge is -2.21. The molecule has 0 aromatic heterocycles. The van der Waals surface area contributed by atoms with Gasteiger partial charge in [0, 0.05) is 23.7 Å². The Balaban J connectivity index is 2.62. The topological polar surface area (TPSA) is 46.3 Å². The van der Waals surface area contributed by atoms with Crippen molar-refractivity contribution in [3.05, 3.63) is 35.9 Å². The number of rotatable bonds is 6. The normalized spacial score (nSPS) is 10.3. The highest BCUT2D eigenvalue weighted by molar-refractivity contribution is 8.00. The lowest BCUT2D eigenvalue weighted by Crippen LogP contribution is -2.33. The average molecular weight is 278 g/mol. The van der Waals surface area contributed by atoms with E-state index < -0.39 is 0 Å². The molecule has 0 fully saturated rings. The largest absolute Gasteiger partial charge is 0.399 e. The maximum Gasteiger partial charge on any atom is 0.233 e. The maximum atomic E-state index is 12.1. The van der Waals surface area contributed by atoms with Crippen LogP contribution in [-0.4, -0.2) is 29.6 Å². The number of hydrogen-bond donors (Lipinski definition) is 1. The summed E-state index contributed by atoms with van der Waals surface area (Å²) in [5.41, 5.74) is 8.65. The van der Waals surface area contributed by atoms with Crippen LogP contribution in [0.1, 0.15) is 19.4 Å². The summed E-state index contributed by atoms with van der Waals surface area (Å²) in [4.78, 5) is 15.0. The van der Waals surface area contributed by atoms with E-state index in [-0.39, 0.29) is 5.91 Å². The molecule has 0 spiro atoms. The zero-order valence-corrected chi connectivity index (χ0v) is 12.7.